The maximum atomic E-state index is 13.1. The van der Waals surface area contributed by atoms with Gasteiger partial charge in [0.15, 0.2) is 0 Å². The minimum Gasteiger partial charge on any atom is -0.294 e. The minimum atomic E-state index is 0.124. The van der Waals surface area contributed by atoms with E-state index < -0.39 is 0 Å². The van der Waals surface area contributed by atoms with Gasteiger partial charge in [0.25, 0.3) is 5.91 Å². The molecule has 0 spiro atoms. The third-order valence-corrected chi connectivity index (χ3v) is 7.35. The molecule has 4 nitrogen and oxygen atoms in total. The van der Waals surface area contributed by atoms with Gasteiger partial charge in [-0.2, -0.15) is 0 Å². The van der Waals surface area contributed by atoms with Crippen molar-refractivity contribution in [2.24, 2.45) is 0 Å². The zero-order valence-electron chi connectivity index (χ0n) is 16.0. The highest BCUT2D eigenvalue weighted by atomic mass is 32.1. The molecule has 144 valence electrons. The molecule has 6 rings (SSSR count). The molecule has 0 bridgehead atoms. The van der Waals surface area contributed by atoms with E-state index in [1.807, 2.05) is 34.4 Å². The number of carbonyl (C=O) groups is 1. The first-order chi connectivity index (χ1) is 14.3. The van der Waals surface area contributed by atoms with Gasteiger partial charge in [0, 0.05) is 23.4 Å². The highest BCUT2D eigenvalue weighted by molar-refractivity contribution is 7.18. The number of piperidine rings is 1. The van der Waals surface area contributed by atoms with Crippen LogP contribution in [0.5, 0.6) is 0 Å². The molecule has 0 saturated carbocycles. The van der Waals surface area contributed by atoms with Crippen molar-refractivity contribution in [3.63, 3.8) is 0 Å². The van der Waals surface area contributed by atoms with E-state index >= 15 is 0 Å². The molecule has 3 heterocycles. The van der Waals surface area contributed by atoms with Crippen LogP contribution >= 0.6 is 11.3 Å². The quantitative estimate of drug-likeness (QED) is 0.472. The van der Waals surface area contributed by atoms with Crippen molar-refractivity contribution in [3.8, 4) is 0 Å². The van der Waals surface area contributed by atoms with E-state index in [2.05, 4.69) is 47.4 Å². The van der Waals surface area contributed by atoms with Crippen LogP contribution in [0.15, 0.2) is 60.7 Å². The molecular weight excluding hydrogens is 378 g/mol. The Morgan fingerprint density at radius 3 is 2.79 bits per heavy atom. The number of fused-ring (bicyclic) bond motifs is 1. The van der Waals surface area contributed by atoms with Crippen LogP contribution in [0, 0.1) is 0 Å². The number of benzene rings is 3. The molecule has 0 aliphatic carbocycles. The fourth-order valence-corrected chi connectivity index (χ4v) is 5.86. The van der Waals surface area contributed by atoms with Crippen molar-refractivity contribution < 1.29 is 4.79 Å². The molecule has 1 atom stereocenters. The van der Waals surface area contributed by atoms with Crippen molar-refractivity contribution in [2.75, 3.05) is 24.7 Å². The Kier molecular flexibility index (Phi) is 3.93. The van der Waals surface area contributed by atoms with E-state index in [1.54, 1.807) is 0 Å². The number of aromatic nitrogens is 1. The molecule has 3 aromatic carbocycles. The lowest BCUT2D eigenvalue weighted by Crippen LogP contribution is -2.44. The van der Waals surface area contributed by atoms with Crippen LogP contribution in [0.25, 0.3) is 21.0 Å². The molecule has 0 N–H and O–H groups in total. The molecule has 29 heavy (non-hydrogen) atoms. The molecule has 2 aliphatic rings. The highest BCUT2D eigenvalue weighted by Gasteiger charge is 2.32. The largest absolute Gasteiger partial charge is 0.294 e. The molecule has 1 fully saturated rings. The third kappa shape index (κ3) is 2.76. The lowest BCUT2D eigenvalue weighted by molar-refractivity contribution is 0.0965. The number of likely N-dealkylation sites (tertiary alicyclic amines) is 1. The lowest BCUT2D eigenvalue weighted by atomic mass is 9.99. The van der Waals surface area contributed by atoms with Crippen molar-refractivity contribution in [1.82, 2.24) is 9.88 Å². The van der Waals surface area contributed by atoms with Gasteiger partial charge in [-0.15, -0.1) is 11.3 Å². The summed E-state index contributed by atoms with van der Waals surface area (Å²) in [7, 11) is 0. The zero-order chi connectivity index (χ0) is 19.4. The van der Waals surface area contributed by atoms with Crippen molar-refractivity contribution in [2.45, 2.75) is 18.8 Å². The summed E-state index contributed by atoms with van der Waals surface area (Å²) in [5.41, 5.74) is 2.98. The topological polar surface area (TPSA) is 36.4 Å². The van der Waals surface area contributed by atoms with E-state index in [0.717, 1.165) is 47.1 Å². The molecule has 1 saturated heterocycles. The second-order valence-corrected chi connectivity index (χ2v) is 9.05. The molecule has 5 heteroatoms. The van der Waals surface area contributed by atoms with E-state index in [4.69, 9.17) is 4.98 Å². The Balaban J connectivity index is 1.26. The second kappa shape index (κ2) is 6.65. The summed E-state index contributed by atoms with van der Waals surface area (Å²) in [5.74, 6) is 0.566. The van der Waals surface area contributed by atoms with E-state index in [-0.39, 0.29) is 5.91 Å². The first-order valence-corrected chi connectivity index (χ1v) is 11.0. The fourth-order valence-electron chi connectivity index (χ4n) is 4.77. The molecular formula is C24H21N3OS. The van der Waals surface area contributed by atoms with Crippen molar-refractivity contribution >= 4 is 43.9 Å². The number of hydrogen-bond acceptors (Lipinski definition) is 4. The summed E-state index contributed by atoms with van der Waals surface area (Å²) in [6.45, 7) is 2.63. The van der Waals surface area contributed by atoms with Gasteiger partial charge in [-0.1, -0.05) is 36.4 Å². The Morgan fingerprint density at radius 2 is 1.90 bits per heavy atom. The van der Waals surface area contributed by atoms with Crippen LogP contribution in [0.1, 0.15) is 34.1 Å². The zero-order valence-corrected chi connectivity index (χ0v) is 16.9. The van der Waals surface area contributed by atoms with Crippen LogP contribution < -0.4 is 4.90 Å². The van der Waals surface area contributed by atoms with E-state index in [0.29, 0.717) is 12.6 Å². The molecule has 1 aromatic heterocycles. The Bertz CT molecular complexity index is 1210. The number of thiazole rings is 1. The van der Waals surface area contributed by atoms with Crippen molar-refractivity contribution in [1.29, 1.82) is 0 Å². The van der Waals surface area contributed by atoms with Gasteiger partial charge >= 0.3 is 0 Å². The van der Waals surface area contributed by atoms with Gasteiger partial charge in [0.05, 0.1) is 27.6 Å². The van der Waals surface area contributed by atoms with Gasteiger partial charge in [0.1, 0.15) is 0 Å². The summed E-state index contributed by atoms with van der Waals surface area (Å²) in [4.78, 5) is 22.4. The maximum Gasteiger partial charge on any atom is 0.260 e. The Morgan fingerprint density at radius 1 is 1.03 bits per heavy atom. The van der Waals surface area contributed by atoms with Crippen LogP contribution in [0.2, 0.25) is 0 Å². The summed E-state index contributed by atoms with van der Waals surface area (Å²) < 4.78 is 1.26. The minimum absolute atomic E-state index is 0.124. The van der Waals surface area contributed by atoms with E-state index in [1.165, 1.54) is 16.1 Å². The number of anilines is 1. The van der Waals surface area contributed by atoms with Crippen LogP contribution in [0.3, 0.4) is 0 Å². The third-order valence-electron chi connectivity index (χ3n) is 6.16. The smallest absolute Gasteiger partial charge is 0.260 e. The SMILES string of the molecule is O=C1c2cccc3cccc(c23)N1CN1CCC[C@H](c2nc3ccccc3s2)C1. The fraction of sp³-hybridized carbons (Fsp3) is 0.250. The average molecular weight is 400 g/mol. The average Bonchev–Trinajstić information content (AvgIpc) is 3.31. The summed E-state index contributed by atoms with van der Waals surface area (Å²) in [5, 5.41) is 3.47. The number of para-hydroxylation sites is 1. The number of rotatable bonds is 3. The van der Waals surface area contributed by atoms with Crippen molar-refractivity contribution in [3.05, 3.63) is 71.2 Å². The Hall–Kier alpha value is -2.76. The van der Waals surface area contributed by atoms with Gasteiger partial charge in [-0.25, -0.2) is 4.98 Å². The number of amides is 1. The first-order valence-electron chi connectivity index (χ1n) is 10.2. The van der Waals surface area contributed by atoms with Gasteiger partial charge < -0.3 is 0 Å². The maximum absolute atomic E-state index is 13.1. The highest BCUT2D eigenvalue weighted by Crippen LogP contribution is 2.38. The van der Waals surface area contributed by atoms with Gasteiger partial charge in [-0.3, -0.25) is 14.6 Å². The Labute approximate surface area is 173 Å². The number of hydrogen-bond donors (Lipinski definition) is 0. The predicted octanol–water partition coefficient (Wildman–Crippen LogP) is 5.25. The first kappa shape index (κ1) is 17.1. The normalized spacial score (nSPS) is 19.5. The monoisotopic (exact) mass is 399 g/mol. The van der Waals surface area contributed by atoms with Crippen LogP contribution in [0.4, 0.5) is 5.69 Å². The predicted molar refractivity (Wildman–Crippen MR) is 119 cm³/mol. The van der Waals surface area contributed by atoms with Crippen LogP contribution in [-0.2, 0) is 0 Å². The summed E-state index contributed by atoms with van der Waals surface area (Å²) in [6.07, 6.45) is 2.31. The molecule has 1 amide bonds. The summed E-state index contributed by atoms with van der Waals surface area (Å²) >= 11 is 1.82. The molecule has 0 unspecified atom stereocenters. The standard InChI is InChI=1S/C24H21N3OS/c28-24-18-9-3-6-16-7-4-11-20(22(16)18)27(24)15-26-13-5-8-17(14-26)23-25-19-10-1-2-12-21(19)29-23/h1-4,6-7,9-12,17H,5,8,13-15H2/t17-/m0/s1. The molecule has 0 radical (unpaired) electrons. The second-order valence-electron chi connectivity index (χ2n) is 7.99. The molecule has 4 aromatic rings. The number of nitrogens with zero attached hydrogens (tertiary/aromatic N) is 3. The summed E-state index contributed by atoms with van der Waals surface area (Å²) in [6, 6.07) is 20.6. The number of carbonyl (C=O) groups excluding carboxylic acids is 1. The van der Waals surface area contributed by atoms with Gasteiger partial charge in [0.2, 0.25) is 0 Å². The van der Waals surface area contributed by atoms with E-state index in [9.17, 15) is 4.79 Å². The van der Waals surface area contributed by atoms with Crippen LogP contribution in [-0.4, -0.2) is 35.5 Å². The lowest BCUT2D eigenvalue weighted by Gasteiger charge is -2.34. The molecule has 2 aliphatic heterocycles. The van der Waals surface area contributed by atoms with Gasteiger partial charge in [-0.05, 0) is 49.0 Å².